The van der Waals surface area contributed by atoms with Crippen LogP contribution in [0, 0.1) is 0 Å². The van der Waals surface area contributed by atoms with E-state index in [0.717, 1.165) is 31.4 Å². The first-order valence-corrected chi connectivity index (χ1v) is 8.91. The largest absolute Gasteiger partial charge is 0.494 e. The van der Waals surface area contributed by atoms with E-state index in [0.29, 0.717) is 18.0 Å². The number of nitrogens with zero attached hydrogens (tertiary/aromatic N) is 2. The average molecular weight is 357 g/mol. The van der Waals surface area contributed by atoms with Crippen molar-refractivity contribution in [3.63, 3.8) is 0 Å². The van der Waals surface area contributed by atoms with E-state index < -0.39 is 0 Å². The van der Waals surface area contributed by atoms with E-state index in [1.54, 1.807) is 35.2 Å². The summed E-state index contributed by atoms with van der Waals surface area (Å²) in [7, 11) is 0. The number of aromatic nitrogens is 1. The van der Waals surface area contributed by atoms with Gasteiger partial charge in [0.2, 0.25) is 5.91 Å². The molecule has 0 radical (unpaired) electrons. The lowest BCUT2D eigenvalue weighted by Gasteiger charge is -2.21. The van der Waals surface area contributed by atoms with Crippen LogP contribution in [0.4, 0.5) is 5.82 Å². The summed E-state index contributed by atoms with van der Waals surface area (Å²) in [4.78, 5) is 26.6. The van der Waals surface area contributed by atoms with Gasteiger partial charge in [-0.1, -0.05) is 18.5 Å². The fourth-order valence-corrected chi connectivity index (χ4v) is 2.56. The van der Waals surface area contributed by atoms with E-state index in [1.165, 1.54) is 6.26 Å². The number of hydrogen-bond acceptors (Lipinski definition) is 5. The molecule has 7 heteroatoms. The number of rotatable bonds is 9. The van der Waals surface area contributed by atoms with E-state index in [-0.39, 0.29) is 24.4 Å². The van der Waals surface area contributed by atoms with Gasteiger partial charge >= 0.3 is 0 Å². The molecule has 0 aliphatic heterocycles. The topological polar surface area (TPSA) is 84.7 Å². The standard InChI is InChI=1S/C19H23N3O4/c1-2-3-11-25-16-8-4-14(5-9-16)19(24)22(15-6-7-15)13-18(23)20-17-10-12-26-21-17/h4-5,8-10,12,15H,2-3,6-7,11,13H2,1H3,(H,20,21,23). The van der Waals surface area contributed by atoms with Crippen LogP contribution in [0.2, 0.25) is 0 Å². The van der Waals surface area contributed by atoms with Crippen LogP contribution >= 0.6 is 0 Å². The average Bonchev–Trinajstić information content (AvgIpc) is 3.37. The summed E-state index contributed by atoms with van der Waals surface area (Å²) in [5, 5.41) is 6.26. The first-order chi connectivity index (χ1) is 12.7. The predicted molar refractivity (Wildman–Crippen MR) is 96.0 cm³/mol. The van der Waals surface area contributed by atoms with Gasteiger partial charge in [0, 0.05) is 17.7 Å². The summed E-state index contributed by atoms with van der Waals surface area (Å²) in [5.41, 5.74) is 0.550. The second-order valence-electron chi connectivity index (χ2n) is 6.32. The molecular formula is C19H23N3O4. The molecule has 3 rings (SSSR count). The van der Waals surface area contributed by atoms with Crippen molar-refractivity contribution in [3.8, 4) is 5.75 Å². The molecule has 2 aromatic rings. The first-order valence-electron chi connectivity index (χ1n) is 8.91. The number of hydrogen-bond donors (Lipinski definition) is 1. The van der Waals surface area contributed by atoms with Crippen LogP contribution in [-0.4, -0.2) is 41.1 Å². The van der Waals surface area contributed by atoms with E-state index in [9.17, 15) is 9.59 Å². The van der Waals surface area contributed by atoms with Crippen LogP contribution in [0.25, 0.3) is 0 Å². The molecule has 138 valence electrons. The molecule has 0 atom stereocenters. The van der Waals surface area contributed by atoms with E-state index in [2.05, 4.69) is 21.9 Å². The van der Waals surface area contributed by atoms with E-state index in [1.807, 2.05) is 0 Å². The van der Waals surface area contributed by atoms with Crippen molar-refractivity contribution in [2.75, 3.05) is 18.5 Å². The predicted octanol–water partition coefficient (Wildman–Crippen LogP) is 3.10. The summed E-state index contributed by atoms with van der Waals surface area (Å²) in [5.74, 6) is 0.644. The number of unbranched alkanes of at least 4 members (excludes halogenated alkanes) is 1. The SMILES string of the molecule is CCCCOc1ccc(C(=O)N(CC(=O)Nc2ccon2)C2CC2)cc1. The molecule has 0 unspecified atom stereocenters. The Labute approximate surface area is 152 Å². The third-order valence-corrected chi connectivity index (χ3v) is 4.14. The van der Waals surface area contributed by atoms with Crippen molar-refractivity contribution in [3.05, 3.63) is 42.2 Å². The highest BCUT2D eigenvalue weighted by molar-refractivity contribution is 5.99. The number of benzene rings is 1. The fraction of sp³-hybridized carbons (Fsp3) is 0.421. The molecule has 1 saturated carbocycles. The smallest absolute Gasteiger partial charge is 0.254 e. The highest BCUT2D eigenvalue weighted by Crippen LogP contribution is 2.28. The molecule has 2 amide bonds. The maximum absolute atomic E-state index is 12.8. The van der Waals surface area contributed by atoms with Crippen LogP contribution in [0.1, 0.15) is 43.0 Å². The Morgan fingerprint density at radius 1 is 1.27 bits per heavy atom. The zero-order chi connectivity index (χ0) is 18.4. The number of carbonyl (C=O) groups excluding carboxylic acids is 2. The van der Waals surface area contributed by atoms with Gasteiger partial charge in [0.1, 0.15) is 18.6 Å². The van der Waals surface area contributed by atoms with Crippen molar-refractivity contribution in [1.29, 1.82) is 0 Å². The Bertz CT molecular complexity index is 724. The van der Waals surface area contributed by atoms with Gasteiger partial charge in [0.05, 0.1) is 6.61 Å². The van der Waals surface area contributed by atoms with Crippen LogP contribution in [0.15, 0.2) is 41.1 Å². The molecule has 26 heavy (non-hydrogen) atoms. The minimum atomic E-state index is -0.293. The summed E-state index contributed by atoms with van der Waals surface area (Å²) >= 11 is 0. The maximum Gasteiger partial charge on any atom is 0.254 e. The molecule has 1 heterocycles. The van der Waals surface area contributed by atoms with Gasteiger partial charge in [-0.3, -0.25) is 9.59 Å². The van der Waals surface area contributed by atoms with Crippen molar-refractivity contribution in [2.24, 2.45) is 0 Å². The van der Waals surface area contributed by atoms with Crippen molar-refractivity contribution in [2.45, 2.75) is 38.6 Å². The molecule has 1 aromatic heterocycles. The van der Waals surface area contributed by atoms with Crippen LogP contribution in [0.5, 0.6) is 5.75 Å². The van der Waals surface area contributed by atoms with Crippen LogP contribution in [0.3, 0.4) is 0 Å². The lowest BCUT2D eigenvalue weighted by molar-refractivity contribution is -0.117. The van der Waals surface area contributed by atoms with Gasteiger partial charge in [0.15, 0.2) is 5.82 Å². The quantitative estimate of drug-likeness (QED) is 0.697. The number of anilines is 1. The van der Waals surface area contributed by atoms with E-state index >= 15 is 0 Å². The first kappa shape index (κ1) is 18.0. The molecule has 1 aliphatic carbocycles. The van der Waals surface area contributed by atoms with Crippen molar-refractivity contribution >= 4 is 17.6 Å². The lowest BCUT2D eigenvalue weighted by atomic mass is 10.2. The molecule has 1 aromatic carbocycles. The molecule has 1 fully saturated rings. The van der Waals surface area contributed by atoms with Crippen molar-refractivity contribution in [1.82, 2.24) is 10.1 Å². The Morgan fingerprint density at radius 3 is 2.65 bits per heavy atom. The molecule has 0 saturated heterocycles. The Morgan fingerprint density at radius 2 is 2.04 bits per heavy atom. The third-order valence-electron chi connectivity index (χ3n) is 4.14. The second kappa shape index (κ2) is 8.51. The van der Waals surface area contributed by atoms with Gasteiger partial charge in [-0.25, -0.2) is 0 Å². The van der Waals surface area contributed by atoms with Crippen LogP contribution < -0.4 is 10.1 Å². The maximum atomic E-state index is 12.8. The summed E-state index contributed by atoms with van der Waals surface area (Å²) in [6.07, 6.45) is 5.28. The Hall–Kier alpha value is -2.83. The Balaban J connectivity index is 1.60. The van der Waals surface area contributed by atoms with Gasteiger partial charge in [-0.15, -0.1) is 0 Å². The van der Waals surface area contributed by atoms with E-state index in [4.69, 9.17) is 4.74 Å². The molecule has 0 spiro atoms. The minimum absolute atomic E-state index is 0.00882. The summed E-state index contributed by atoms with van der Waals surface area (Å²) in [6.45, 7) is 2.77. The lowest BCUT2D eigenvalue weighted by Crippen LogP contribution is -2.39. The summed E-state index contributed by atoms with van der Waals surface area (Å²) < 4.78 is 10.3. The highest BCUT2D eigenvalue weighted by atomic mass is 16.5. The minimum Gasteiger partial charge on any atom is -0.494 e. The molecule has 7 nitrogen and oxygen atoms in total. The number of nitrogens with one attached hydrogen (secondary N) is 1. The van der Waals surface area contributed by atoms with Crippen molar-refractivity contribution < 1.29 is 18.8 Å². The zero-order valence-electron chi connectivity index (χ0n) is 14.8. The number of carbonyl (C=O) groups is 2. The normalized spacial score (nSPS) is 13.3. The fourth-order valence-electron chi connectivity index (χ4n) is 2.56. The second-order valence-corrected chi connectivity index (χ2v) is 6.32. The molecule has 0 bridgehead atoms. The van der Waals surface area contributed by atoms with Gasteiger partial charge in [0.25, 0.3) is 5.91 Å². The van der Waals surface area contributed by atoms with Gasteiger partial charge in [-0.05, 0) is 43.5 Å². The third kappa shape index (κ3) is 4.84. The van der Waals surface area contributed by atoms with Gasteiger partial charge in [-0.2, -0.15) is 0 Å². The molecule has 1 aliphatic rings. The highest BCUT2D eigenvalue weighted by Gasteiger charge is 2.34. The van der Waals surface area contributed by atoms with Gasteiger partial charge < -0.3 is 19.5 Å². The molecular weight excluding hydrogens is 334 g/mol. The zero-order valence-corrected chi connectivity index (χ0v) is 14.8. The monoisotopic (exact) mass is 357 g/mol. The molecule has 1 N–H and O–H groups in total. The number of amides is 2. The summed E-state index contributed by atoms with van der Waals surface area (Å²) in [6, 6.07) is 8.75. The number of ether oxygens (including phenoxy) is 1. The van der Waals surface area contributed by atoms with Crippen LogP contribution in [-0.2, 0) is 4.79 Å². The Kier molecular flexibility index (Phi) is 5.88.